The number of benzene rings is 3. The van der Waals surface area contributed by atoms with Crippen LogP contribution in [0.3, 0.4) is 0 Å². The van der Waals surface area contributed by atoms with E-state index in [4.69, 9.17) is 44.3 Å². The molecular weight excluding hydrogens is 629 g/mol. The second kappa shape index (κ2) is 11.5. The number of thioether (sulfide) groups is 1. The number of carbonyl (C=O) groups excluding carboxylic acids is 2. The van der Waals surface area contributed by atoms with Crippen LogP contribution < -0.4 is 14.4 Å². The van der Waals surface area contributed by atoms with E-state index in [1.54, 1.807) is 54.6 Å². The topological polar surface area (TPSA) is 102 Å². The Morgan fingerprint density at radius 3 is 2.54 bits per heavy atom. The van der Waals surface area contributed by atoms with Crippen molar-refractivity contribution in [2.24, 2.45) is 0 Å². The number of amides is 1. The quantitative estimate of drug-likeness (QED) is 0.0773. The molecule has 13 heteroatoms. The fourth-order valence-corrected chi connectivity index (χ4v) is 7.13. The number of anilines is 1. The molecule has 0 spiro atoms. The molecule has 4 aromatic rings. The standard InChI is InChI=1S/C28H18Cl3N3O5S2/c29-17-3-1-2-14(10-17)23-22(24(35)15-5-7-20-21(11-15)39-9-8-38-20)25(36)26(37)34(23)27-32-33-28(41-27)40-13-16-4-6-18(30)12-19(16)31/h1-7,10-12,23,35H,8-9,13H2/b24-22+/t23-/m1/s1. The maximum atomic E-state index is 13.5. The van der Waals surface area contributed by atoms with E-state index in [0.29, 0.717) is 61.0 Å². The Hall–Kier alpha value is -3.28. The van der Waals surface area contributed by atoms with Crippen LogP contribution in [0.25, 0.3) is 5.76 Å². The number of rotatable bonds is 6. The number of hydrogen-bond acceptors (Lipinski definition) is 9. The Morgan fingerprint density at radius 1 is 0.976 bits per heavy atom. The van der Waals surface area contributed by atoms with E-state index in [2.05, 4.69) is 10.2 Å². The van der Waals surface area contributed by atoms with Gasteiger partial charge in [0.25, 0.3) is 5.78 Å². The molecule has 1 aromatic heterocycles. The number of hydrogen-bond donors (Lipinski definition) is 1. The molecule has 41 heavy (non-hydrogen) atoms. The zero-order valence-electron chi connectivity index (χ0n) is 20.8. The molecule has 0 unspecified atom stereocenters. The van der Waals surface area contributed by atoms with Crippen LogP contribution in [0.1, 0.15) is 22.7 Å². The van der Waals surface area contributed by atoms with Crippen molar-refractivity contribution >= 4 is 80.5 Å². The Morgan fingerprint density at radius 2 is 1.76 bits per heavy atom. The molecule has 2 aliphatic rings. The predicted molar refractivity (Wildman–Crippen MR) is 160 cm³/mol. The van der Waals surface area contributed by atoms with Gasteiger partial charge in [-0.2, -0.15) is 0 Å². The van der Waals surface area contributed by atoms with Crippen molar-refractivity contribution in [2.75, 3.05) is 18.1 Å². The summed E-state index contributed by atoms with van der Waals surface area (Å²) in [5.74, 6) is -0.615. The van der Waals surface area contributed by atoms with Crippen molar-refractivity contribution in [2.45, 2.75) is 16.1 Å². The first-order valence-electron chi connectivity index (χ1n) is 12.2. The van der Waals surface area contributed by atoms with Gasteiger partial charge in [-0.3, -0.25) is 14.5 Å². The van der Waals surface area contributed by atoms with Gasteiger partial charge in [-0.15, -0.1) is 10.2 Å². The van der Waals surface area contributed by atoms with Crippen molar-refractivity contribution in [3.8, 4) is 11.5 Å². The molecule has 0 bridgehead atoms. The molecule has 1 N–H and O–H groups in total. The van der Waals surface area contributed by atoms with Gasteiger partial charge in [0.05, 0.1) is 11.6 Å². The normalized spacial score (nSPS) is 17.7. The molecule has 2 aliphatic heterocycles. The molecule has 3 heterocycles. The van der Waals surface area contributed by atoms with Crippen molar-refractivity contribution in [3.05, 3.63) is 98.0 Å². The number of ether oxygens (including phenoxy) is 2. The molecule has 0 aliphatic carbocycles. The van der Waals surface area contributed by atoms with E-state index in [0.717, 1.165) is 16.9 Å². The van der Waals surface area contributed by atoms with Crippen LogP contribution in [0.2, 0.25) is 15.1 Å². The second-order valence-corrected chi connectivity index (χ2v) is 12.4. The second-order valence-electron chi connectivity index (χ2n) is 8.96. The SMILES string of the molecule is O=C1C(=O)N(c2nnc(SCc3ccc(Cl)cc3Cl)s2)[C@H](c2cccc(Cl)c2)/C1=C(\O)c1ccc2c(c1)OCCO2. The summed E-state index contributed by atoms with van der Waals surface area (Å²) >= 11 is 21.1. The van der Waals surface area contributed by atoms with Crippen molar-refractivity contribution in [1.29, 1.82) is 0 Å². The molecule has 3 aromatic carbocycles. The molecule has 0 radical (unpaired) electrons. The number of halogens is 3. The highest BCUT2D eigenvalue weighted by Crippen LogP contribution is 2.45. The van der Waals surface area contributed by atoms with Crippen LogP contribution in [0.5, 0.6) is 11.5 Å². The number of aromatic nitrogens is 2. The molecule has 1 fully saturated rings. The minimum atomic E-state index is -1.00. The first-order chi connectivity index (χ1) is 19.8. The van der Waals surface area contributed by atoms with Crippen LogP contribution >= 0.6 is 57.9 Å². The fraction of sp³-hybridized carbons (Fsp3) is 0.143. The summed E-state index contributed by atoms with van der Waals surface area (Å²) in [4.78, 5) is 28.2. The Labute approximate surface area is 257 Å². The first-order valence-corrected chi connectivity index (χ1v) is 15.1. The van der Waals surface area contributed by atoms with E-state index >= 15 is 0 Å². The highest BCUT2D eigenvalue weighted by Gasteiger charge is 2.48. The predicted octanol–water partition coefficient (Wildman–Crippen LogP) is 7.19. The smallest absolute Gasteiger partial charge is 0.301 e. The summed E-state index contributed by atoms with van der Waals surface area (Å²) in [6.07, 6.45) is 0. The number of carbonyl (C=O) groups is 2. The van der Waals surface area contributed by atoms with Gasteiger partial charge >= 0.3 is 5.91 Å². The molecule has 8 nitrogen and oxygen atoms in total. The number of ketones is 1. The molecule has 6 rings (SSSR count). The maximum Gasteiger partial charge on any atom is 0.301 e. The number of aliphatic hydroxyl groups excluding tert-OH is 1. The van der Waals surface area contributed by atoms with Crippen LogP contribution in [-0.4, -0.2) is 40.2 Å². The molecular formula is C28H18Cl3N3O5S2. The summed E-state index contributed by atoms with van der Waals surface area (Å²) in [6, 6.07) is 15.8. The van der Waals surface area contributed by atoms with E-state index in [-0.39, 0.29) is 16.5 Å². The lowest BCUT2D eigenvalue weighted by Crippen LogP contribution is -2.29. The monoisotopic (exact) mass is 645 g/mol. The Kier molecular flexibility index (Phi) is 7.84. The van der Waals surface area contributed by atoms with Crippen molar-refractivity contribution in [3.63, 3.8) is 0 Å². The summed E-state index contributed by atoms with van der Waals surface area (Å²) in [5.41, 5.74) is 1.57. The van der Waals surface area contributed by atoms with Gasteiger partial charge in [0.2, 0.25) is 5.13 Å². The van der Waals surface area contributed by atoms with Crippen LogP contribution in [0.4, 0.5) is 5.13 Å². The van der Waals surface area contributed by atoms with Gasteiger partial charge in [0, 0.05) is 26.4 Å². The van der Waals surface area contributed by atoms with E-state index < -0.39 is 17.7 Å². The zero-order valence-corrected chi connectivity index (χ0v) is 24.7. The van der Waals surface area contributed by atoms with Gasteiger partial charge in [0.1, 0.15) is 19.0 Å². The summed E-state index contributed by atoms with van der Waals surface area (Å²) in [6.45, 7) is 0.763. The lowest BCUT2D eigenvalue weighted by Gasteiger charge is -2.23. The summed E-state index contributed by atoms with van der Waals surface area (Å²) in [7, 11) is 0. The highest BCUT2D eigenvalue weighted by atomic mass is 35.5. The Balaban J connectivity index is 1.38. The lowest BCUT2D eigenvalue weighted by molar-refractivity contribution is -0.132. The van der Waals surface area contributed by atoms with Gasteiger partial charge in [-0.1, -0.05) is 76.1 Å². The van der Waals surface area contributed by atoms with Crippen LogP contribution in [-0.2, 0) is 15.3 Å². The fourth-order valence-electron chi connectivity index (χ4n) is 4.50. The third-order valence-corrected chi connectivity index (χ3v) is 9.32. The number of aliphatic hydroxyl groups is 1. The highest BCUT2D eigenvalue weighted by molar-refractivity contribution is 8.00. The molecule has 208 valence electrons. The number of Topliss-reactive ketones (excluding diaryl/α,β-unsaturated/α-hetero) is 1. The van der Waals surface area contributed by atoms with Gasteiger partial charge in [-0.05, 0) is 53.6 Å². The minimum Gasteiger partial charge on any atom is -0.507 e. The van der Waals surface area contributed by atoms with E-state index in [1.807, 2.05) is 6.07 Å². The molecule has 0 saturated carbocycles. The zero-order chi connectivity index (χ0) is 28.7. The van der Waals surface area contributed by atoms with E-state index in [9.17, 15) is 14.7 Å². The lowest BCUT2D eigenvalue weighted by atomic mass is 9.95. The van der Waals surface area contributed by atoms with Gasteiger partial charge in [-0.25, -0.2) is 0 Å². The Bertz CT molecular complexity index is 1730. The molecule has 1 saturated heterocycles. The summed E-state index contributed by atoms with van der Waals surface area (Å²) in [5, 5.41) is 21.5. The van der Waals surface area contributed by atoms with Gasteiger partial charge in [0.15, 0.2) is 15.8 Å². The third kappa shape index (κ3) is 5.50. The largest absolute Gasteiger partial charge is 0.507 e. The molecule has 1 atom stereocenters. The van der Waals surface area contributed by atoms with Crippen LogP contribution in [0.15, 0.2) is 70.6 Å². The number of fused-ring (bicyclic) bond motifs is 1. The van der Waals surface area contributed by atoms with Crippen molar-refractivity contribution < 1.29 is 24.2 Å². The van der Waals surface area contributed by atoms with E-state index in [1.165, 1.54) is 16.7 Å². The molecule has 1 amide bonds. The average Bonchev–Trinajstić information content (AvgIpc) is 3.53. The average molecular weight is 647 g/mol. The van der Waals surface area contributed by atoms with Gasteiger partial charge < -0.3 is 14.6 Å². The summed E-state index contributed by atoms with van der Waals surface area (Å²) < 4.78 is 11.8. The third-order valence-electron chi connectivity index (χ3n) is 6.39. The maximum absolute atomic E-state index is 13.5. The minimum absolute atomic E-state index is 0.105. The number of nitrogens with zero attached hydrogens (tertiary/aromatic N) is 3. The first kappa shape index (κ1) is 27.9. The van der Waals surface area contributed by atoms with Crippen LogP contribution in [0, 0.1) is 0 Å². The van der Waals surface area contributed by atoms with Crippen molar-refractivity contribution in [1.82, 2.24) is 10.2 Å².